The first kappa shape index (κ1) is 22.8. The number of ketones is 1. The van der Waals surface area contributed by atoms with Gasteiger partial charge in [-0.15, -0.1) is 0 Å². The molecule has 0 bridgehead atoms. The third-order valence-electron chi connectivity index (χ3n) is 4.73. The Hall–Kier alpha value is -1.25. The van der Waals surface area contributed by atoms with Gasteiger partial charge in [0.05, 0.1) is 6.61 Å². The highest BCUT2D eigenvalue weighted by Crippen LogP contribution is 2.25. The van der Waals surface area contributed by atoms with Crippen LogP contribution in [0.25, 0.3) is 0 Å². The van der Waals surface area contributed by atoms with Crippen LogP contribution in [0, 0.1) is 5.41 Å². The first-order valence-corrected chi connectivity index (χ1v) is 10.7. The van der Waals surface area contributed by atoms with Crippen LogP contribution in [-0.2, 0) is 0 Å². The zero-order chi connectivity index (χ0) is 19.3. The van der Waals surface area contributed by atoms with E-state index in [4.69, 9.17) is 9.15 Å². The third kappa shape index (κ3) is 10.0. The van der Waals surface area contributed by atoms with Crippen LogP contribution in [0.5, 0.6) is 5.95 Å². The number of hydrogen-bond acceptors (Lipinski definition) is 3. The van der Waals surface area contributed by atoms with Crippen molar-refractivity contribution in [3.8, 4) is 5.95 Å². The maximum absolute atomic E-state index is 12.1. The summed E-state index contributed by atoms with van der Waals surface area (Å²) in [5, 5.41) is 0. The van der Waals surface area contributed by atoms with E-state index in [9.17, 15) is 4.79 Å². The molecule has 3 nitrogen and oxygen atoms in total. The molecule has 1 aromatic rings. The van der Waals surface area contributed by atoms with Crippen molar-refractivity contribution in [1.82, 2.24) is 0 Å². The number of rotatable bonds is 15. The molecule has 0 aromatic carbocycles. The Morgan fingerprint density at radius 2 is 1.35 bits per heavy atom. The molecule has 0 aliphatic rings. The first-order chi connectivity index (χ1) is 12.4. The fourth-order valence-electron chi connectivity index (χ4n) is 3.01. The van der Waals surface area contributed by atoms with Gasteiger partial charge >= 0.3 is 0 Å². The molecule has 3 heteroatoms. The third-order valence-corrected chi connectivity index (χ3v) is 4.73. The van der Waals surface area contributed by atoms with E-state index in [0.29, 0.717) is 18.3 Å². The normalized spacial score (nSPS) is 11.7. The second-order valence-corrected chi connectivity index (χ2v) is 8.44. The predicted octanol–water partition coefficient (Wildman–Crippen LogP) is 7.59. The average molecular weight is 365 g/mol. The van der Waals surface area contributed by atoms with Crippen molar-refractivity contribution >= 4 is 5.78 Å². The Labute approximate surface area is 160 Å². The molecule has 150 valence electrons. The number of hydrogen-bond donors (Lipinski definition) is 0. The fourth-order valence-corrected chi connectivity index (χ4v) is 3.01. The molecule has 26 heavy (non-hydrogen) atoms. The number of furan rings is 1. The summed E-state index contributed by atoms with van der Waals surface area (Å²) in [6, 6.07) is 3.46. The SMILES string of the molecule is CCCCCCCCCCCCCCOc1ccc(C(=O)C(C)(C)C)o1. The highest BCUT2D eigenvalue weighted by molar-refractivity contribution is 5.97. The van der Waals surface area contributed by atoms with Crippen LogP contribution >= 0.6 is 0 Å². The molecule has 0 unspecified atom stereocenters. The summed E-state index contributed by atoms with van der Waals surface area (Å²) in [5.74, 6) is 0.862. The molecule has 0 spiro atoms. The van der Waals surface area contributed by atoms with E-state index >= 15 is 0 Å². The van der Waals surface area contributed by atoms with Crippen LogP contribution in [0.2, 0.25) is 0 Å². The summed E-state index contributed by atoms with van der Waals surface area (Å²) >= 11 is 0. The number of Topliss-reactive ketones (excluding diaryl/α,β-unsaturated/α-hetero) is 1. The smallest absolute Gasteiger partial charge is 0.284 e. The van der Waals surface area contributed by atoms with Gasteiger partial charge in [-0.2, -0.15) is 0 Å². The van der Waals surface area contributed by atoms with Gasteiger partial charge in [0, 0.05) is 11.5 Å². The topological polar surface area (TPSA) is 39.4 Å². The largest absolute Gasteiger partial charge is 0.465 e. The quantitative estimate of drug-likeness (QED) is 0.238. The van der Waals surface area contributed by atoms with Gasteiger partial charge in [-0.1, -0.05) is 98.3 Å². The molecule has 0 amide bonds. The summed E-state index contributed by atoms with van der Waals surface area (Å²) in [6.45, 7) is 8.61. The lowest BCUT2D eigenvalue weighted by Gasteiger charge is -2.13. The van der Waals surface area contributed by atoms with Gasteiger partial charge in [-0.05, 0) is 12.5 Å². The van der Waals surface area contributed by atoms with Crippen molar-refractivity contribution < 1.29 is 13.9 Å². The van der Waals surface area contributed by atoms with E-state index in [-0.39, 0.29) is 5.78 Å². The van der Waals surface area contributed by atoms with Gasteiger partial charge < -0.3 is 9.15 Å². The van der Waals surface area contributed by atoms with Crippen LogP contribution in [0.15, 0.2) is 16.5 Å². The average Bonchev–Trinajstić information content (AvgIpc) is 3.06. The summed E-state index contributed by atoms with van der Waals surface area (Å²) < 4.78 is 11.1. The predicted molar refractivity (Wildman–Crippen MR) is 109 cm³/mol. The number of carbonyl (C=O) groups is 1. The molecule has 1 rings (SSSR count). The Bertz CT molecular complexity index is 482. The van der Waals surface area contributed by atoms with Crippen LogP contribution in [-0.4, -0.2) is 12.4 Å². The van der Waals surface area contributed by atoms with Gasteiger partial charge in [-0.25, -0.2) is 0 Å². The van der Waals surface area contributed by atoms with Crippen LogP contribution in [0.3, 0.4) is 0 Å². The molecular weight excluding hydrogens is 324 g/mol. The second-order valence-electron chi connectivity index (χ2n) is 8.44. The van der Waals surface area contributed by atoms with Gasteiger partial charge in [0.25, 0.3) is 5.95 Å². The molecule has 0 radical (unpaired) electrons. The molecule has 0 saturated carbocycles. The van der Waals surface area contributed by atoms with Crippen molar-refractivity contribution in [3.05, 3.63) is 17.9 Å². The zero-order valence-corrected chi connectivity index (χ0v) is 17.6. The van der Waals surface area contributed by atoms with E-state index in [0.717, 1.165) is 6.42 Å². The minimum Gasteiger partial charge on any atom is -0.465 e. The van der Waals surface area contributed by atoms with E-state index in [1.165, 1.54) is 70.6 Å². The number of carbonyl (C=O) groups excluding carboxylic acids is 1. The van der Waals surface area contributed by atoms with Gasteiger partial charge in [0.1, 0.15) is 0 Å². The van der Waals surface area contributed by atoms with Crippen molar-refractivity contribution in [2.45, 2.75) is 105 Å². The summed E-state index contributed by atoms with van der Waals surface area (Å²) in [5.41, 5.74) is -0.426. The van der Waals surface area contributed by atoms with Gasteiger partial charge in [0.15, 0.2) is 5.76 Å². The molecule has 0 N–H and O–H groups in total. The van der Waals surface area contributed by atoms with Crippen LogP contribution in [0.1, 0.15) is 115 Å². The van der Waals surface area contributed by atoms with Crippen LogP contribution < -0.4 is 4.74 Å². The summed E-state index contributed by atoms with van der Waals surface area (Å²) in [4.78, 5) is 12.1. The van der Waals surface area contributed by atoms with E-state index < -0.39 is 5.41 Å². The van der Waals surface area contributed by atoms with E-state index in [1.54, 1.807) is 12.1 Å². The van der Waals surface area contributed by atoms with Gasteiger partial charge in [-0.3, -0.25) is 4.79 Å². The Kier molecular flexibility index (Phi) is 11.4. The molecule has 1 aromatic heterocycles. The number of unbranched alkanes of at least 4 members (excludes halogenated alkanes) is 11. The molecule has 0 fully saturated rings. The maximum Gasteiger partial charge on any atom is 0.284 e. The molecule has 0 atom stereocenters. The highest BCUT2D eigenvalue weighted by Gasteiger charge is 2.25. The lowest BCUT2D eigenvalue weighted by molar-refractivity contribution is 0.0819. The molecule has 1 heterocycles. The van der Waals surface area contributed by atoms with Crippen molar-refractivity contribution in [2.75, 3.05) is 6.61 Å². The minimum atomic E-state index is -0.426. The Morgan fingerprint density at radius 3 is 1.85 bits per heavy atom. The lowest BCUT2D eigenvalue weighted by Crippen LogP contribution is -2.19. The van der Waals surface area contributed by atoms with Crippen molar-refractivity contribution in [1.29, 1.82) is 0 Å². The number of ether oxygens (including phenoxy) is 1. The lowest BCUT2D eigenvalue weighted by atomic mass is 9.89. The van der Waals surface area contributed by atoms with Crippen LogP contribution in [0.4, 0.5) is 0 Å². The molecule has 0 aliphatic carbocycles. The molecular formula is C23H40O3. The van der Waals surface area contributed by atoms with Crippen molar-refractivity contribution in [3.63, 3.8) is 0 Å². The Morgan fingerprint density at radius 1 is 0.846 bits per heavy atom. The van der Waals surface area contributed by atoms with E-state index in [2.05, 4.69) is 6.92 Å². The molecule has 0 saturated heterocycles. The fraction of sp³-hybridized carbons (Fsp3) is 0.783. The second kappa shape index (κ2) is 13.0. The first-order valence-electron chi connectivity index (χ1n) is 10.7. The van der Waals surface area contributed by atoms with Gasteiger partial charge in [0.2, 0.25) is 5.78 Å². The maximum atomic E-state index is 12.1. The monoisotopic (exact) mass is 364 g/mol. The standard InChI is InChI=1S/C23H40O3/c1-5-6-7-8-9-10-11-12-13-14-15-16-19-25-21-18-17-20(26-21)22(24)23(2,3)4/h17-18H,5-16,19H2,1-4H3. The van der Waals surface area contributed by atoms with E-state index in [1.807, 2.05) is 20.8 Å². The zero-order valence-electron chi connectivity index (χ0n) is 17.6. The summed E-state index contributed by atoms with van der Waals surface area (Å²) in [7, 11) is 0. The molecule has 0 aliphatic heterocycles. The Balaban J connectivity index is 1.97. The van der Waals surface area contributed by atoms with Crippen molar-refractivity contribution in [2.24, 2.45) is 5.41 Å². The summed E-state index contributed by atoms with van der Waals surface area (Å²) in [6.07, 6.45) is 16.0. The minimum absolute atomic E-state index is 0.0118. The highest BCUT2D eigenvalue weighted by atomic mass is 16.6.